The zero-order chi connectivity index (χ0) is 12.3. The van der Waals surface area contributed by atoms with E-state index in [9.17, 15) is 0 Å². The summed E-state index contributed by atoms with van der Waals surface area (Å²) in [6.45, 7) is 10.9. The predicted octanol–water partition coefficient (Wildman–Crippen LogP) is 1.31. The quantitative estimate of drug-likeness (QED) is 0.774. The first-order valence-electron chi connectivity index (χ1n) is 7.20. The summed E-state index contributed by atoms with van der Waals surface area (Å²) in [5.41, 5.74) is 0.428. The summed E-state index contributed by atoms with van der Waals surface area (Å²) in [6, 6.07) is 0.704. The van der Waals surface area contributed by atoms with Crippen molar-refractivity contribution in [2.45, 2.75) is 39.2 Å². The molecule has 2 heterocycles. The lowest BCUT2D eigenvalue weighted by atomic mass is 9.74. The zero-order valence-electron chi connectivity index (χ0n) is 11.8. The summed E-state index contributed by atoms with van der Waals surface area (Å²) in [4.78, 5) is 2.49. The fraction of sp³-hybridized carbons (Fsp3) is 1.00. The van der Waals surface area contributed by atoms with E-state index in [1.807, 2.05) is 0 Å². The van der Waals surface area contributed by atoms with Crippen molar-refractivity contribution in [2.24, 2.45) is 11.3 Å². The van der Waals surface area contributed by atoms with Crippen molar-refractivity contribution in [3.05, 3.63) is 0 Å². The first-order chi connectivity index (χ1) is 8.08. The molecule has 0 aromatic rings. The number of hydrogen-bond donors (Lipinski definition) is 2. The highest BCUT2D eigenvalue weighted by Crippen LogP contribution is 2.33. The standard InChI is InChI=1S/C14H29N3/c1-14(2,11-16-13-6-7-15-9-13)12-5-4-8-17(3)10-12/h12-13,15-16H,4-11H2,1-3H3. The average Bonchev–Trinajstić information content (AvgIpc) is 2.79. The molecule has 100 valence electrons. The molecule has 0 aromatic carbocycles. The van der Waals surface area contributed by atoms with Crippen LogP contribution in [0.25, 0.3) is 0 Å². The number of nitrogens with one attached hydrogen (secondary N) is 2. The van der Waals surface area contributed by atoms with Crippen molar-refractivity contribution >= 4 is 0 Å². The lowest BCUT2D eigenvalue weighted by Crippen LogP contribution is -2.46. The first-order valence-corrected chi connectivity index (χ1v) is 7.20. The largest absolute Gasteiger partial charge is 0.315 e. The maximum atomic E-state index is 3.75. The van der Waals surface area contributed by atoms with Crippen LogP contribution >= 0.6 is 0 Å². The molecule has 2 atom stereocenters. The first kappa shape index (κ1) is 13.3. The molecule has 17 heavy (non-hydrogen) atoms. The summed E-state index contributed by atoms with van der Waals surface area (Å²) in [6.07, 6.45) is 4.07. The van der Waals surface area contributed by atoms with E-state index in [-0.39, 0.29) is 0 Å². The van der Waals surface area contributed by atoms with Gasteiger partial charge in [-0.15, -0.1) is 0 Å². The van der Waals surface area contributed by atoms with Gasteiger partial charge in [-0.3, -0.25) is 0 Å². The molecule has 2 aliphatic heterocycles. The second kappa shape index (κ2) is 5.68. The van der Waals surface area contributed by atoms with E-state index in [4.69, 9.17) is 0 Å². The molecular formula is C14H29N3. The minimum atomic E-state index is 0.428. The maximum Gasteiger partial charge on any atom is 0.0204 e. The summed E-state index contributed by atoms with van der Waals surface area (Å²) in [5, 5.41) is 7.18. The van der Waals surface area contributed by atoms with Crippen LogP contribution in [0.5, 0.6) is 0 Å². The van der Waals surface area contributed by atoms with Crippen molar-refractivity contribution in [2.75, 3.05) is 39.8 Å². The number of rotatable bonds is 4. The van der Waals surface area contributed by atoms with Gasteiger partial charge in [0.1, 0.15) is 0 Å². The van der Waals surface area contributed by atoms with Gasteiger partial charge in [-0.25, -0.2) is 0 Å². The van der Waals surface area contributed by atoms with E-state index < -0.39 is 0 Å². The van der Waals surface area contributed by atoms with Crippen LogP contribution < -0.4 is 10.6 Å². The smallest absolute Gasteiger partial charge is 0.0204 e. The van der Waals surface area contributed by atoms with Gasteiger partial charge in [-0.05, 0) is 50.7 Å². The Bertz CT molecular complexity index is 234. The van der Waals surface area contributed by atoms with Crippen LogP contribution in [0.2, 0.25) is 0 Å². The lowest BCUT2D eigenvalue weighted by molar-refractivity contribution is 0.101. The predicted molar refractivity (Wildman–Crippen MR) is 73.3 cm³/mol. The Morgan fingerprint density at radius 3 is 2.82 bits per heavy atom. The Kier molecular flexibility index (Phi) is 4.45. The third-order valence-corrected chi connectivity index (χ3v) is 4.64. The number of piperidine rings is 1. The molecule has 2 unspecified atom stereocenters. The van der Waals surface area contributed by atoms with Crippen molar-refractivity contribution in [3.63, 3.8) is 0 Å². The third-order valence-electron chi connectivity index (χ3n) is 4.64. The molecular weight excluding hydrogens is 210 g/mol. The minimum absolute atomic E-state index is 0.428. The molecule has 0 saturated carbocycles. The summed E-state index contributed by atoms with van der Waals surface area (Å²) >= 11 is 0. The molecule has 2 saturated heterocycles. The Morgan fingerprint density at radius 2 is 2.18 bits per heavy atom. The third kappa shape index (κ3) is 3.67. The SMILES string of the molecule is CN1CCCC(C(C)(C)CNC2CCNC2)C1. The van der Waals surface area contributed by atoms with Gasteiger partial charge in [0.25, 0.3) is 0 Å². The fourth-order valence-corrected chi connectivity index (χ4v) is 3.18. The molecule has 2 rings (SSSR count). The number of likely N-dealkylation sites (tertiary alicyclic amines) is 1. The van der Waals surface area contributed by atoms with Crippen LogP contribution in [0.3, 0.4) is 0 Å². The topological polar surface area (TPSA) is 27.3 Å². The molecule has 0 aliphatic carbocycles. The average molecular weight is 239 g/mol. The van der Waals surface area contributed by atoms with E-state index in [1.165, 1.54) is 38.9 Å². The van der Waals surface area contributed by atoms with Gasteiger partial charge in [-0.2, -0.15) is 0 Å². The van der Waals surface area contributed by atoms with Crippen LogP contribution in [0, 0.1) is 11.3 Å². The molecule has 2 fully saturated rings. The van der Waals surface area contributed by atoms with Crippen LogP contribution in [0.1, 0.15) is 33.1 Å². The molecule has 0 aromatic heterocycles. The number of nitrogens with zero attached hydrogens (tertiary/aromatic N) is 1. The van der Waals surface area contributed by atoms with Gasteiger partial charge < -0.3 is 15.5 Å². The van der Waals surface area contributed by atoms with Crippen LogP contribution in [0.15, 0.2) is 0 Å². The van der Waals surface area contributed by atoms with Gasteiger partial charge in [0.15, 0.2) is 0 Å². The van der Waals surface area contributed by atoms with Crippen LogP contribution in [-0.4, -0.2) is 50.7 Å². The molecule has 0 radical (unpaired) electrons. The second-order valence-corrected chi connectivity index (χ2v) is 6.66. The van der Waals surface area contributed by atoms with Crippen molar-refractivity contribution in [1.82, 2.24) is 15.5 Å². The van der Waals surface area contributed by atoms with Crippen molar-refractivity contribution in [3.8, 4) is 0 Å². The molecule has 3 nitrogen and oxygen atoms in total. The number of hydrogen-bond acceptors (Lipinski definition) is 3. The van der Waals surface area contributed by atoms with Crippen molar-refractivity contribution in [1.29, 1.82) is 0 Å². The van der Waals surface area contributed by atoms with E-state index in [1.54, 1.807) is 0 Å². The summed E-state index contributed by atoms with van der Waals surface area (Å²) < 4.78 is 0. The van der Waals surface area contributed by atoms with Gasteiger partial charge in [0.05, 0.1) is 0 Å². The highest BCUT2D eigenvalue weighted by atomic mass is 15.1. The van der Waals surface area contributed by atoms with Gasteiger partial charge in [-0.1, -0.05) is 13.8 Å². The molecule has 0 spiro atoms. The highest BCUT2D eigenvalue weighted by Gasteiger charge is 2.32. The van der Waals surface area contributed by atoms with Crippen molar-refractivity contribution < 1.29 is 0 Å². The van der Waals surface area contributed by atoms with Gasteiger partial charge in [0, 0.05) is 25.7 Å². The normalized spacial score (nSPS) is 31.9. The van der Waals surface area contributed by atoms with Crippen LogP contribution in [0.4, 0.5) is 0 Å². The van der Waals surface area contributed by atoms with Gasteiger partial charge in [0.2, 0.25) is 0 Å². The second-order valence-electron chi connectivity index (χ2n) is 6.66. The van der Waals surface area contributed by atoms with Crippen LogP contribution in [-0.2, 0) is 0 Å². The molecule has 2 N–H and O–H groups in total. The highest BCUT2D eigenvalue weighted by molar-refractivity contribution is 4.87. The Hall–Kier alpha value is -0.120. The summed E-state index contributed by atoms with van der Waals surface area (Å²) in [5.74, 6) is 0.850. The molecule has 0 amide bonds. The zero-order valence-corrected chi connectivity index (χ0v) is 11.8. The Morgan fingerprint density at radius 1 is 1.35 bits per heavy atom. The summed E-state index contributed by atoms with van der Waals surface area (Å²) in [7, 11) is 2.26. The molecule has 3 heteroatoms. The van der Waals surface area contributed by atoms with E-state index >= 15 is 0 Å². The lowest BCUT2D eigenvalue weighted by Gasteiger charge is -2.41. The maximum absolute atomic E-state index is 3.75. The monoisotopic (exact) mass is 239 g/mol. The van der Waals surface area contributed by atoms with E-state index in [0.29, 0.717) is 11.5 Å². The fourth-order valence-electron chi connectivity index (χ4n) is 3.18. The molecule has 2 aliphatic rings. The van der Waals surface area contributed by atoms with E-state index in [0.717, 1.165) is 19.0 Å². The van der Waals surface area contributed by atoms with Gasteiger partial charge >= 0.3 is 0 Å². The minimum Gasteiger partial charge on any atom is -0.315 e. The molecule has 0 bridgehead atoms. The Balaban J connectivity index is 1.79. The van der Waals surface area contributed by atoms with E-state index in [2.05, 4.69) is 36.4 Å². The Labute approximate surface area is 106 Å².